The Morgan fingerprint density at radius 2 is 1.55 bits per heavy atom. The Morgan fingerprint density at radius 3 is 2.13 bits per heavy atom. The molecule has 2 aromatic rings. The monoisotopic (exact) mass is 527 g/mol. The number of benzene rings is 2. The molecule has 206 valence electrons. The average molecular weight is 528 g/mol. The van der Waals surface area contributed by atoms with Crippen molar-refractivity contribution < 1.29 is 29.4 Å². The molecule has 2 aliphatic heterocycles. The van der Waals surface area contributed by atoms with Crippen LogP contribution in [0.1, 0.15) is 6.92 Å². The molecule has 0 unspecified atom stereocenters. The maximum atomic E-state index is 12.5. The standard InChI is InChI=1S/C27H37N5O6/c1-20(33)25(26(34)29-36)28-27(35)32-12-10-31(11-13-32)23-6-2-21(3-7-23)22-4-8-24(9-5-22)38-19-16-30-14-17-37-18-15-30/h2-9,20,25,33,36H,10-19H2,1H3,(H,28,35)(H,29,34)/t20-,25+/m1/s1. The molecule has 11 nitrogen and oxygen atoms in total. The Kier molecular flexibility index (Phi) is 9.77. The van der Waals surface area contributed by atoms with Gasteiger partial charge in [0.25, 0.3) is 5.91 Å². The summed E-state index contributed by atoms with van der Waals surface area (Å²) in [7, 11) is 0. The number of hydrogen-bond acceptors (Lipinski definition) is 8. The predicted octanol–water partition coefficient (Wildman–Crippen LogP) is 1.15. The quantitative estimate of drug-likeness (QED) is 0.283. The number of hydroxylamine groups is 1. The summed E-state index contributed by atoms with van der Waals surface area (Å²) in [6.45, 7) is 8.62. The van der Waals surface area contributed by atoms with Crippen molar-refractivity contribution in [1.29, 1.82) is 0 Å². The summed E-state index contributed by atoms with van der Waals surface area (Å²) in [4.78, 5) is 30.4. The van der Waals surface area contributed by atoms with Gasteiger partial charge in [0.2, 0.25) is 0 Å². The van der Waals surface area contributed by atoms with Crippen LogP contribution in [0.4, 0.5) is 10.5 Å². The second-order valence-electron chi connectivity index (χ2n) is 9.49. The second kappa shape index (κ2) is 13.4. The van der Waals surface area contributed by atoms with Gasteiger partial charge in [-0.25, -0.2) is 10.3 Å². The minimum absolute atomic E-state index is 0.456. The molecule has 11 heteroatoms. The van der Waals surface area contributed by atoms with E-state index in [1.165, 1.54) is 12.4 Å². The lowest BCUT2D eigenvalue weighted by Crippen LogP contribution is -2.58. The van der Waals surface area contributed by atoms with Gasteiger partial charge < -0.3 is 29.7 Å². The molecule has 2 atom stereocenters. The molecule has 4 rings (SSSR count). The number of amides is 3. The number of aliphatic hydroxyl groups excluding tert-OH is 1. The number of morpholine rings is 1. The lowest BCUT2D eigenvalue weighted by Gasteiger charge is -2.36. The topological polar surface area (TPSA) is 127 Å². The van der Waals surface area contributed by atoms with Crippen LogP contribution in [-0.4, -0.2) is 110 Å². The summed E-state index contributed by atoms with van der Waals surface area (Å²) in [6, 6.07) is 14.8. The van der Waals surface area contributed by atoms with Crippen molar-refractivity contribution in [1.82, 2.24) is 20.6 Å². The lowest BCUT2D eigenvalue weighted by molar-refractivity contribution is -0.133. The molecular formula is C27H37N5O6. The Morgan fingerprint density at radius 1 is 0.947 bits per heavy atom. The van der Waals surface area contributed by atoms with Crippen molar-refractivity contribution in [3.63, 3.8) is 0 Å². The summed E-state index contributed by atoms with van der Waals surface area (Å²) < 4.78 is 11.3. The third kappa shape index (κ3) is 7.35. The van der Waals surface area contributed by atoms with Crippen molar-refractivity contribution in [2.75, 3.05) is 70.5 Å². The predicted molar refractivity (Wildman–Crippen MR) is 142 cm³/mol. The number of nitrogens with zero attached hydrogens (tertiary/aromatic N) is 3. The summed E-state index contributed by atoms with van der Waals surface area (Å²) >= 11 is 0. The van der Waals surface area contributed by atoms with E-state index in [0.717, 1.165) is 55.4 Å². The zero-order valence-corrected chi connectivity index (χ0v) is 21.7. The number of rotatable bonds is 9. The number of carbonyl (C=O) groups excluding carboxylic acids is 2. The molecule has 2 saturated heterocycles. The van der Waals surface area contributed by atoms with Crippen molar-refractivity contribution in [3.8, 4) is 16.9 Å². The largest absolute Gasteiger partial charge is 0.492 e. The van der Waals surface area contributed by atoms with E-state index in [2.05, 4.69) is 51.5 Å². The number of aliphatic hydroxyl groups is 1. The number of anilines is 1. The molecule has 2 aliphatic rings. The Bertz CT molecular complexity index is 1030. The molecule has 38 heavy (non-hydrogen) atoms. The SMILES string of the molecule is C[C@@H](O)[C@H](NC(=O)N1CCN(c2ccc(-c3ccc(OCCN4CCOCC4)cc3)cc2)CC1)C(=O)NO. The zero-order chi connectivity index (χ0) is 26.9. The first-order valence-corrected chi connectivity index (χ1v) is 13.0. The van der Waals surface area contributed by atoms with Crippen LogP contribution < -0.4 is 20.4 Å². The molecule has 0 aromatic heterocycles. The fourth-order valence-corrected chi connectivity index (χ4v) is 4.59. The fourth-order valence-electron chi connectivity index (χ4n) is 4.59. The molecule has 2 heterocycles. The molecular weight excluding hydrogens is 490 g/mol. The molecule has 2 fully saturated rings. The molecule has 4 N–H and O–H groups in total. The van der Waals surface area contributed by atoms with E-state index in [1.54, 1.807) is 4.90 Å². The van der Waals surface area contributed by atoms with Crippen LogP contribution in [0, 0.1) is 0 Å². The number of ether oxygens (including phenoxy) is 2. The summed E-state index contributed by atoms with van der Waals surface area (Å²) in [6.07, 6.45) is -1.14. The van der Waals surface area contributed by atoms with E-state index in [-0.39, 0.29) is 0 Å². The summed E-state index contributed by atoms with van der Waals surface area (Å²) in [5, 5.41) is 21.0. The van der Waals surface area contributed by atoms with Crippen molar-refractivity contribution >= 4 is 17.6 Å². The highest BCUT2D eigenvalue weighted by Gasteiger charge is 2.29. The van der Waals surface area contributed by atoms with E-state index in [1.807, 2.05) is 12.1 Å². The van der Waals surface area contributed by atoms with Crippen LogP contribution >= 0.6 is 0 Å². The van der Waals surface area contributed by atoms with Crippen LogP contribution in [0.25, 0.3) is 11.1 Å². The molecule has 0 aliphatic carbocycles. The minimum atomic E-state index is -1.23. The smallest absolute Gasteiger partial charge is 0.318 e. The first-order valence-electron chi connectivity index (χ1n) is 13.0. The molecule has 0 saturated carbocycles. The van der Waals surface area contributed by atoms with Gasteiger partial charge in [0, 0.05) is 51.5 Å². The van der Waals surface area contributed by atoms with Crippen LogP contribution in [0.5, 0.6) is 5.75 Å². The highest BCUT2D eigenvalue weighted by molar-refractivity contribution is 5.87. The maximum absolute atomic E-state index is 12.5. The Hall–Kier alpha value is -3.38. The first kappa shape index (κ1) is 27.6. The van der Waals surface area contributed by atoms with Crippen LogP contribution in [-0.2, 0) is 9.53 Å². The molecule has 3 amide bonds. The van der Waals surface area contributed by atoms with Gasteiger partial charge in [0.05, 0.1) is 19.3 Å². The highest BCUT2D eigenvalue weighted by Crippen LogP contribution is 2.26. The van der Waals surface area contributed by atoms with E-state index < -0.39 is 24.1 Å². The van der Waals surface area contributed by atoms with Gasteiger partial charge in [-0.3, -0.25) is 14.9 Å². The number of urea groups is 1. The van der Waals surface area contributed by atoms with Crippen molar-refractivity contribution in [2.24, 2.45) is 0 Å². The lowest BCUT2D eigenvalue weighted by atomic mass is 10.0. The summed E-state index contributed by atoms with van der Waals surface area (Å²) in [5.41, 5.74) is 4.76. The first-order chi connectivity index (χ1) is 18.4. The number of nitrogens with one attached hydrogen (secondary N) is 2. The van der Waals surface area contributed by atoms with E-state index in [9.17, 15) is 14.7 Å². The van der Waals surface area contributed by atoms with E-state index in [4.69, 9.17) is 14.7 Å². The minimum Gasteiger partial charge on any atom is -0.492 e. The van der Waals surface area contributed by atoms with Gasteiger partial charge in [-0.2, -0.15) is 0 Å². The van der Waals surface area contributed by atoms with Gasteiger partial charge in [0.15, 0.2) is 0 Å². The summed E-state index contributed by atoms with van der Waals surface area (Å²) in [5.74, 6) is -0.00434. The Balaban J connectivity index is 1.24. The number of hydrogen-bond donors (Lipinski definition) is 4. The molecule has 0 spiro atoms. The zero-order valence-electron chi connectivity index (χ0n) is 21.7. The Labute approximate surface area is 222 Å². The second-order valence-corrected chi connectivity index (χ2v) is 9.49. The van der Waals surface area contributed by atoms with Crippen LogP contribution in [0.3, 0.4) is 0 Å². The third-order valence-corrected chi connectivity index (χ3v) is 6.92. The molecule has 0 bridgehead atoms. The third-order valence-electron chi connectivity index (χ3n) is 6.92. The normalized spacial score (nSPS) is 18.0. The van der Waals surface area contributed by atoms with Gasteiger partial charge in [-0.05, 0) is 42.3 Å². The van der Waals surface area contributed by atoms with Crippen molar-refractivity contribution in [2.45, 2.75) is 19.1 Å². The maximum Gasteiger partial charge on any atom is 0.318 e. The number of carbonyl (C=O) groups is 2. The van der Waals surface area contributed by atoms with E-state index >= 15 is 0 Å². The van der Waals surface area contributed by atoms with Crippen molar-refractivity contribution in [3.05, 3.63) is 48.5 Å². The van der Waals surface area contributed by atoms with Crippen LogP contribution in [0.15, 0.2) is 48.5 Å². The van der Waals surface area contributed by atoms with Gasteiger partial charge in [-0.15, -0.1) is 0 Å². The average Bonchev–Trinajstić information content (AvgIpc) is 2.96. The van der Waals surface area contributed by atoms with Gasteiger partial charge in [-0.1, -0.05) is 24.3 Å². The van der Waals surface area contributed by atoms with E-state index in [0.29, 0.717) is 32.8 Å². The number of piperazine rings is 1. The molecule has 2 aromatic carbocycles. The highest BCUT2D eigenvalue weighted by atomic mass is 16.5. The van der Waals surface area contributed by atoms with Crippen LogP contribution in [0.2, 0.25) is 0 Å². The fraction of sp³-hybridized carbons (Fsp3) is 0.481. The van der Waals surface area contributed by atoms with Gasteiger partial charge >= 0.3 is 6.03 Å². The van der Waals surface area contributed by atoms with Gasteiger partial charge in [0.1, 0.15) is 18.4 Å². The molecule has 0 radical (unpaired) electrons.